The molecule has 1 aromatic carbocycles. The number of hydrogen-bond acceptors (Lipinski definition) is 4. The zero-order valence-electron chi connectivity index (χ0n) is 12.2. The number of nitrogens with zero attached hydrogens (tertiary/aromatic N) is 1. The van der Waals surface area contributed by atoms with E-state index in [9.17, 15) is 0 Å². The summed E-state index contributed by atoms with van der Waals surface area (Å²) in [4.78, 5) is 4.56. The summed E-state index contributed by atoms with van der Waals surface area (Å²) < 4.78 is 11.5. The van der Waals surface area contributed by atoms with Crippen molar-refractivity contribution in [3.8, 4) is 5.75 Å². The number of aromatic nitrogens is 1. The average Bonchev–Trinajstić information content (AvgIpc) is 2.93. The van der Waals surface area contributed by atoms with E-state index in [1.165, 1.54) is 0 Å². The maximum atomic E-state index is 5.88. The summed E-state index contributed by atoms with van der Waals surface area (Å²) in [5, 5.41) is 4.13. The highest BCUT2D eigenvalue weighted by Gasteiger charge is 2.06. The highest BCUT2D eigenvalue weighted by atomic mass is 16.5. The molecule has 3 rings (SSSR count). The van der Waals surface area contributed by atoms with Gasteiger partial charge in [0, 0.05) is 11.1 Å². The molecule has 108 valence electrons. The average molecular weight is 282 g/mol. The summed E-state index contributed by atoms with van der Waals surface area (Å²) in [7, 11) is 1.89. The highest BCUT2D eigenvalue weighted by Crippen LogP contribution is 2.25. The van der Waals surface area contributed by atoms with Gasteiger partial charge in [0.15, 0.2) is 0 Å². The molecule has 0 spiro atoms. The van der Waals surface area contributed by atoms with Crippen molar-refractivity contribution in [2.75, 3.05) is 7.05 Å². The van der Waals surface area contributed by atoms with Crippen molar-refractivity contribution in [2.24, 2.45) is 0 Å². The summed E-state index contributed by atoms with van der Waals surface area (Å²) in [5.41, 5.74) is 1.87. The molecule has 0 amide bonds. The minimum Gasteiger partial charge on any atom is -0.483 e. The number of ether oxygens (including phenoxy) is 1. The standard InChI is InChI=1S/C17H18N2O2/c1-12-6-7-13-4-3-5-16(17(13)19-12)20-11-15-9-8-14(21-15)10-18-2/h3-9,18H,10-11H2,1-2H3. The van der Waals surface area contributed by atoms with Crippen molar-refractivity contribution in [1.82, 2.24) is 10.3 Å². The molecular formula is C17H18N2O2. The molecule has 2 heterocycles. The Morgan fingerprint density at radius 2 is 1.95 bits per heavy atom. The Morgan fingerprint density at radius 1 is 1.10 bits per heavy atom. The fourth-order valence-electron chi connectivity index (χ4n) is 2.25. The fourth-order valence-corrected chi connectivity index (χ4v) is 2.25. The van der Waals surface area contributed by atoms with Gasteiger partial charge in [0.2, 0.25) is 0 Å². The highest BCUT2D eigenvalue weighted by molar-refractivity contribution is 5.84. The Labute approximate surface area is 123 Å². The summed E-state index contributed by atoms with van der Waals surface area (Å²) in [5.74, 6) is 2.50. The molecule has 1 N–H and O–H groups in total. The van der Waals surface area contributed by atoms with Gasteiger partial charge in [-0.3, -0.25) is 0 Å². The lowest BCUT2D eigenvalue weighted by molar-refractivity contribution is 0.268. The lowest BCUT2D eigenvalue weighted by atomic mass is 10.2. The maximum Gasteiger partial charge on any atom is 0.146 e. The van der Waals surface area contributed by atoms with Gasteiger partial charge in [-0.1, -0.05) is 18.2 Å². The Hall–Kier alpha value is -2.33. The molecule has 3 aromatic rings. The summed E-state index contributed by atoms with van der Waals surface area (Å²) >= 11 is 0. The maximum absolute atomic E-state index is 5.88. The van der Waals surface area contributed by atoms with Crippen molar-refractivity contribution in [2.45, 2.75) is 20.1 Å². The van der Waals surface area contributed by atoms with E-state index in [4.69, 9.17) is 9.15 Å². The predicted octanol–water partition coefficient (Wildman–Crippen LogP) is 3.43. The number of aryl methyl sites for hydroxylation is 1. The summed E-state index contributed by atoms with van der Waals surface area (Å²) in [6.45, 7) is 3.10. The van der Waals surface area contributed by atoms with Crippen LogP contribution in [0.4, 0.5) is 0 Å². The third-order valence-corrected chi connectivity index (χ3v) is 3.26. The molecule has 0 aliphatic heterocycles. The van der Waals surface area contributed by atoms with Crippen LogP contribution in [-0.2, 0) is 13.2 Å². The number of pyridine rings is 1. The van der Waals surface area contributed by atoms with Crippen LogP contribution in [-0.4, -0.2) is 12.0 Å². The van der Waals surface area contributed by atoms with Gasteiger partial charge in [-0.2, -0.15) is 0 Å². The lowest BCUT2D eigenvalue weighted by Gasteiger charge is -2.08. The van der Waals surface area contributed by atoms with Crippen molar-refractivity contribution in [3.63, 3.8) is 0 Å². The Kier molecular flexibility index (Phi) is 3.88. The largest absolute Gasteiger partial charge is 0.483 e. The number of hydrogen-bond donors (Lipinski definition) is 1. The molecule has 0 saturated carbocycles. The smallest absolute Gasteiger partial charge is 0.146 e. The van der Waals surface area contributed by atoms with Gasteiger partial charge < -0.3 is 14.5 Å². The van der Waals surface area contributed by atoms with Gasteiger partial charge in [-0.25, -0.2) is 4.98 Å². The summed E-state index contributed by atoms with van der Waals surface area (Å²) in [6.07, 6.45) is 0. The van der Waals surface area contributed by atoms with Gasteiger partial charge in [-0.05, 0) is 38.2 Å². The van der Waals surface area contributed by atoms with E-state index >= 15 is 0 Å². The van der Waals surface area contributed by atoms with Crippen molar-refractivity contribution in [3.05, 3.63) is 59.7 Å². The van der Waals surface area contributed by atoms with Crippen LogP contribution in [0, 0.1) is 6.92 Å². The van der Waals surface area contributed by atoms with Crippen LogP contribution in [0.3, 0.4) is 0 Å². The molecular weight excluding hydrogens is 264 g/mol. The third kappa shape index (κ3) is 3.06. The van der Waals surface area contributed by atoms with E-state index in [2.05, 4.69) is 16.4 Å². The minimum absolute atomic E-state index is 0.401. The first-order chi connectivity index (χ1) is 10.3. The van der Waals surface area contributed by atoms with Gasteiger partial charge in [0.25, 0.3) is 0 Å². The molecule has 2 aromatic heterocycles. The first-order valence-corrected chi connectivity index (χ1v) is 6.97. The van der Waals surface area contributed by atoms with E-state index in [1.807, 2.05) is 50.4 Å². The van der Waals surface area contributed by atoms with Crippen LogP contribution < -0.4 is 10.1 Å². The van der Waals surface area contributed by atoms with Gasteiger partial charge in [-0.15, -0.1) is 0 Å². The van der Waals surface area contributed by atoms with Crippen molar-refractivity contribution < 1.29 is 9.15 Å². The number of furan rings is 1. The van der Waals surface area contributed by atoms with Crippen LogP contribution in [0.1, 0.15) is 17.2 Å². The van der Waals surface area contributed by atoms with E-state index in [0.717, 1.165) is 40.4 Å². The first-order valence-electron chi connectivity index (χ1n) is 6.97. The second-order valence-electron chi connectivity index (χ2n) is 4.97. The molecule has 0 radical (unpaired) electrons. The predicted molar refractivity (Wildman–Crippen MR) is 82.3 cm³/mol. The SMILES string of the molecule is CNCc1ccc(COc2cccc3ccc(C)nc23)o1. The fraction of sp³-hybridized carbons (Fsp3) is 0.235. The zero-order valence-corrected chi connectivity index (χ0v) is 12.2. The van der Waals surface area contributed by atoms with E-state index in [-0.39, 0.29) is 0 Å². The normalized spacial score (nSPS) is 11.0. The topological polar surface area (TPSA) is 47.3 Å². The molecule has 0 atom stereocenters. The first kappa shape index (κ1) is 13.6. The molecule has 0 fully saturated rings. The Morgan fingerprint density at radius 3 is 2.81 bits per heavy atom. The van der Waals surface area contributed by atoms with E-state index in [1.54, 1.807) is 0 Å². The molecule has 0 bridgehead atoms. The second-order valence-corrected chi connectivity index (χ2v) is 4.97. The molecule has 4 heteroatoms. The van der Waals surface area contributed by atoms with Crippen molar-refractivity contribution >= 4 is 10.9 Å². The molecule has 0 unspecified atom stereocenters. The zero-order chi connectivity index (χ0) is 14.7. The van der Waals surface area contributed by atoms with Crippen LogP contribution in [0.15, 0.2) is 46.9 Å². The number of benzene rings is 1. The number of para-hydroxylation sites is 1. The molecule has 21 heavy (non-hydrogen) atoms. The van der Waals surface area contributed by atoms with E-state index in [0.29, 0.717) is 6.61 Å². The Bertz CT molecular complexity index is 749. The van der Waals surface area contributed by atoms with Gasteiger partial charge in [0.05, 0.1) is 6.54 Å². The van der Waals surface area contributed by atoms with Crippen LogP contribution in [0.2, 0.25) is 0 Å². The van der Waals surface area contributed by atoms with Crippen molar-refractivity contribution in [1.29, 1.82) is 0 Å². The monoisotopic (exact) mass is 282 g/mol. The molecule has 0 saturated heterocycles. The number of rotatable bonds is 5. The van der Waals surface area contributed by atoms with Crippen LogP contribution in [0.5, 0.6) is 5.75 Å². The summed E-state index contributed by atoms with van der Waals surface area (Å²) in [6, 6.07) is 13.9. The molecule has 0 aliphatic carbocycles. The second kappa shape index (κ2) is 5.97. The molecule has 4 nitrogen and oxygen atoms in total. The van der Waals surface area contributed by atoms with E-state index < -0.39 is 0 Å². The number of fused-ring (bicyclic) bond motifs is 1. The quantitative estimate of drug-likeness (QED) is 0.778. The molecule has 0 aliphatic rings. The lowest BCUT2D eigenvalue weighted by Crippen LogP contribution is -2.03. The van der Waals surface area contributed by atoms with Crippen LogP contribution >= 0.6 is 0 Å². The van der Waals surface area contributed by atoms with Gasteiger partial charge in [0.1, 0.15) is 29.4 Å². The minimum atomic E-state index is 0.401. The third-order valence-electron chi connectivity index (χ3n) is 3.26. The van der Waals surface area contributed by atoms with Crippen LogP contribution in [0.25, 0.3) is 10.9 Å². The Balaban J connectivity index is 1.79. The van der Waals surface area contributed by atoms with Gasteiger partial charge >= 0.3 is 0 Å². The number of nitrogens with one attached hydrogen (secondary N) is 1.